The van der Waals surface area contributed by atoms with Crippen molar-refractivity contribution >= 4 is 23.2 Å². The molecule has 28 heavy (non-hydrogen) atoms. The summed E-state index contributed by atoms with van der Waals surface area (Å²) < 4.78 is 0. The number of halogens is 2. The van der Waals surface area contributed by atoms with Crippen LogP contribution in [0.25, 0.3) is 11.3 Å². The van der Waals surface area contributed by atoms with Crippen LogP contribution in [0.5, 0.6) is 0 Å². The number of aliphatic hydroxyl groups is 1. The maximum absolute atomic E-state index is 11.0. The number of rotatable bonds is 4. The molecule has 5 heteroatoms. The summed E-state index contributed by atoms with van der Waals surface area (Å²) >= 11 is 12.0. The van der Waals surface area contributed by atoms with Crippen LogP contribution >= 0.6 is 23.2 Å². The van der Waals surface area contributed by atoms with Crippen molar-refractivity contribution in [1.29, 1.82) is 0 Å². The van der Waals surface area contributed by atoms with E-state index < -0.39 is 5.60 Å². The third-order valence-electron chi connectivity index (χ3n) is 5.40. The number of pyridine rings is 1. The highest BCUT2D eigenvalue weighted by molar-refractivity contribution is 6.30. The van der Waals surface area contributed by atoms with Gasteiger partial charge in [0.2, 0.25) is 0 Å². The summed E-state index contributed by atoms with van der Waals surface area (Å²) in [5.74, 6) is 0. The molecular formula is C23H22Cl2N2O. The van der Waals surface area contributed by atoms with Gasteiger partial charge in [-0.2, -0.15) is 0 Å². The van der Waals surface area contributed by atoms with Gasteiger partial charge in [-0.05, 0) is 54.8 Å². The Hall–Kier alpha value is -1.91. The second kappa shape index (κ2) is 8.22. The standard InChI is InChI=1S/C23H22Cl2N2O/c24-19-8-4-17(5-9-19)22-3-1-2-21(26-22)16-27-14-12-23(28,13-15-27)18-6-10-20(25)11-7-18/h1-11,28H,12-16H2. The lowest BCUT2D eigenvalue weighted by Crippen LogP contribution is -2.42. The number of benzene rings is 2. The summed E-state index contributed by atoms with van der Waals surface area (Å²) in [6.45, 7) is 2.43. The third-order valence-corrected chi connectivity index (χ3v) is 5.90. The van der Waals surface area contributed by atoms with Crippen molar-refractivity contribution in [2.24, 2.45) is 0 Å². The van der Waals surface area contributed by atoms with Gasteiger partial charge in [-0.3, -0.25) is 9.88 Å². The van der Waals surface area contributed by atoms with Crippen LogP contribution in [0.15, 0.2) is 66.7 Å². The zero-order valence-electron chi connectivity index (χ0n) is 15.5. The van der Waals surface area contributed by atoms with Crippen molar-refractivity contribution < 1.29 is 5.11 Å². The van der Waals surface area contributed by atoms with E-state index in [1.807, 2.05) is 60.7 Å². The molecule has 0 bridgehead atoms. The van der Waals surface area contributed by atoms with E-state index in [1.54, 1.807) is 0 Å². The second-order valence-corrected chi connectivity index (χ2v) is 8.21. The minimum Gasteiger partial charge on any atom is -0.385 e. The van der Waals surface area contributed by atoms with E-state index in [0.717, 1.165) is 47.2 Å². The normalized spacial score (nSPS) is 16.8. The van der Waals surface area contributed by atoms with Crippen LogP contribution in [-0.4, -0.2) is 28.1 Å². The van der Waals surface area contributed by atoms with E-state index >= 15 is 0 Å². The van der Waals surface area contributed by atoms with Crippen LogP contribution in [-0.2, 0) is 12.1 Å². The number of piperidine rings is 1. The molecule has 0 amide bonds. The Balaban J connectivity index is 1.42. The molecule has 144 valence electrons. The van der Waals surface area contributed by atoms with Crippen LogP contribution in [0.1, 0.15) is 24.1 Å². The van der Waals surface area contributed by atoms with Crippen LogP contribution in [0.2, 0.25) is 10.0 Å². The van der Waals surface area contributed by atoms with Crippen molar-refractivity contribution in [1.82, 2.24) is 9.88 Å². The van der Waals surface area contributed by atoms with Crippen molar-refractivity contribution in [3.63, 3.8) is 0 Å². The Bertz CT molecular complexity index is 934. The molecular weight excluding hydrogens is 391 g/mol. The first-order valence-corrected chi connectivity index (χ1v) is 10.2. The minimum atomic E-state index is -0.778. The lowest BCUT2D eigenvalue weighted by atomic mass is 9.84. The van der Waals surface area contributed by atoms with E-state index in [1.165, 1.54) is 0 Å². The number of hydrogen-bond donors (Lipinski definition) is 1. The van der Waals surface area contributed by atoms with Gasteiger partial charge in [0, 0.05) is 35.2 Å². The summed E-state index contributed by atoms with van der Waals surface area (Å²) in [6.07, 6.45) is 1.40. The van der Waals surface area contributed by atoms with E-state index in [2.05, 4.69) is 11.0 Å². The van der Waals surface area contributed by atoms with Gasteiger partial charge >= 0.3 is 0 Å². The number of aromatic nitrogens is 1. The van der Waals surface area contributed by atoms with E-state index in [-0.39, 0.29) is 0 Å². The molecule has 3 nitrogen and oxygen atoms in total. The van der Waals surface area contributed by atoms with Crippen LogP contribution < -0.4 is 0 Å². The Morgan fingerprint density at radius 2 is 1.46 bits per heavy atom. The molecule has 1 saturated heterocycles. The quantitative estimate of drug-likeness (QED) is 0.610. The second-order valence-electron chi connectivity index (χ2n) is 7.34. The largest absolute Gasteiger partial charge is 0.385 e. The Kier molecular flexibility index (Phi) is 5.70. The molecule has 1 aliphatic rings. The molecule has 2 heterocycles. The van der Waals surface area contributed by atoms with Gasteiger partial charge < -0.3 is 5.11 Å². The third kappa shape index (κ3) is 4.39. The summed E-state index contributed by atoms with van der Waals surface area (Å²) in [6, 6.07) is 21.4. The Labute approximate surface area is 175 Å². The molecule has 3 aromatic rings. The Morgan fingerprint density at radius 1 is 0.857 bits per heavy atom. The van der Waals surface area contributed by atoms with E-state index in [4.69, 9.17) is 28.2 Å². The highest BCUT2D eigenvalue weighted by atomic mass is 35.5. The number of likely N-dealkylation sites (tertiary alicyclic amines) is 1. The highest BCUT2D eigenvalue weighted by Crippen LogP contribution is 2.33. The predicted octanol–water partition coefficient (Wildman–Crippen LogP) is 5.54. The topological polar surface area (TPSA) is 36.4 Å². The summed E-state index contributed by atoms with van der Waals surface area (Å²) in [4.78, 5) is 7.15. The number of nitrogens with zero attached hydrogens (tertiary/aromatic N) is 2. The maximum atomic E-state index is 11.0. The van der Waals surface area contributed by atoms with Gasteiger partial charge in [0.05, 0.1) is 17.0 Å². The number of hydrogen-bond acceptors (Lipinski definition) is 3. The lowest BCUT2D eigenvalue weighted by molar-refractivity contribution is -0.0279. The van der Waals surface area contributed by atoms with Crippen molar-refractivity contribution in [2.75, 3.05) is 13.1 Å². The molecule has 2 aromatic carbocycles. The summed E-state index contributed by atoms with van der Waals surface area (Å²) in [5.41, 5.74) is 3.20. The molecule has 0 atom stereocenters. The molecule has 0 radical (unpaired) electrons. The SMILES string of the molecule is OC1(c2ccc(Cl)cc2)CCN(Cc2cccc(-c3ccc(Cl)cc3)n2)CC1. The average molecular weight is 413 g/mol. The van der Waals surface area contributed by atoms with E-state index in [0.29, 0.717) is 17.9 Å². The van der Waals surface area contributed by atoms with Gasteiger partial charge in [-0.1, -0.05) is 53.5 Å². The zero-order valence-corrected chi connectivity index (χ0v) is 17.0. The van der Waals surface area contributed by atoms with E-state index in [9.17, 15) is 5.11 Å². The predicted molar refractivity (Wildman–Crippen MR) is 115 cm³/mol. The molecule has 1 aliphatic heterocycles. The van der Waals surface area contributed by atoms with Crippen molar-refractivity contribution in [3.8, 4) is 11.3 Å². The average Bonchev–Trinajstić information content (AvgIpc) is 2.71. The highest BCUT2D eigenvalue weighted by Gasteiger charge is 2.33. The van der Waals surface area contributed by atoms with Gasteiger partial charge in [0.1, 0.15) is 0 Å². The molecule has 0 unspecified atom stereocenters. The smallest absolute Gasteiger partial charge is 0.0920 e. The van der Waals surface area contributed by atoms with Crippen LogP contribution in [0, 0.1) is 0 Å². The van der Waals surface area contributed by atoms with Gasteiger partial charge in [-0.25, -0.2) is 0 Å². The van der Waals surface area contributed by atoms with Gasteiger partial charge in [0.25, 0.3) is 0 Å². The summed E-state index contributed by atoms with van der Waals surface area (Å²) in [5, 5.41) is 12.5. The zero-order chi connectivity index (χ0) is 19.6. The fourth-order valence-corrected chi connectivity index (χ4v) is 3.96. The monoisotopic (exact) mass is 412 g/mol. The maximum Gasteiger partial charge on any atom is 0.0920 e. The molecule has 1 fully saturated rings. The first-order chi connectivity index (χ1) is 13.5. The van der Waals surface area contributed by atoms with Crippen molar-refractivity contribution in [2.45, 2.75) is 25.0 Å². The van der Waals surface area contributed by atoms with Crippen LogP contribution in [0.4, 0.5) is 0 Å². The fourth-order valence-electron chi connectivity index (χ4n) is 3.71. The first-order valence-electron chi connectivity index (χ1n) is 9.44. The molecule has 0 aliphatic carbocycles. The van der Waals surface area contributed by atoms with Crippen LogP contribution in [0.3, 0.4) is 0 Å². The molecule has 1 N–H and O–H groups in total. The molecule has 4 rings (SSSR count). The molecule has 0 spiro atoms. The fraction of sp³-hybridized carbons (Fsp3) is 0.261. The molecule has 1 aromatic heterocycles. The Morgan fingerprint density at radius 3 is 2.11 bits per heavy atom. The van der Waals surface area contributed by atoms with Crippen molar-refractivity contribution in [3.05, 3.63) is 88.0 Å². The first kappa shape index (κ1) is 19.4. The van der Waals surface area contributed by atoms with Gasteiger partial charge in [0.15, 0.2) is 0 Å². The molecule has 0 saturated carbocycles. The minimum absolute atomic E-state index is 0.691. The lowest BCUT2D eigenvalue weighted by Gasteiger charge is -2.38. The van der Waals surface area contributed by atoms with Gasteiger partial charge in [-0.15, -0.1) is 0 Å². The summed E-state index contributed by atoms with van der Waals surface area (Å²) in [7, 11) is 0.